The van der Waals surface area contributed by atoms with E-state index in [9.17, 15) is 4.79 Å². The molecule has 2 atom stereocenters. The molecule has 0 aromatic heterocycles. The maximum Gasteiger partial charge on any atom is 0.227 e. The number of carbonyl (C=O) groups is 1. The minimum atomic E-state index is -0.0540. The second kappa shape index (κ2) is 8.17. The molecule has 2 aromatic carbocycles. The van der Waals surface area contributed by atoms with Gasteiger partial charge in [0.1, 0.15) is 11.9 Å². The first-order valence-electron chi connectivity index (χ1n) is 8.85. The van der Waals surface area contributed by atoms with Crippen LogP contribution < -0.4 is 4.74 Å². The molecule has 1 fully saturated rings. The van der Waals surface area contributed by atoms with Crippen LogP contribution in [0.15, 0.2) is 54.6 Å². The molecule has 0 N–H and O–H groups in total. The predicted molar refractivity (Wildman–Crippen MR) is 97.6 cm³/mol. The summed E-state index contributed by atoms with van der Waals surface area (Å²) in [7, 11) is 0. The molecule has 0 aliphatic carbocycles. The molecule has 0 saturated carbocycles. The van der Waals surface area contributed by atoms with Crippen LogP contribution in [0, 0.1) is 0 Å². The van der Waals surface area contributed by atoms with Crippen molar-refractivity contribution >= 4 is 5.91 Å². The van der Waals surface area contributed by atoms with Gasteiger partial charge < -0.3 is 14.4 Å². The van der Waals surface area contributed by atoms with E-state index in [2.05, 4.69) is 12.1 Å². The van der Waals surface area contributed by atoms with Gasteiger partial charge in [-0.2, -0.15) is 0 Å². The van der Waals surface area contributed by atoms with Gasteiger partial charge in [-0.1, -0.05) is 42.5 Å². The Morgan fingerprint density at radius 1 is 1.16 bits per heavy atom. The highest BCUT2D eigenvalue weighted by atomic mass is 16.5. The molecule has 0 spiro atoms. The van der Waals surface area contributed by atoms with E-state index in [-0.39, 0.29) is 18.1 Å². The minimum absolute atomic E-state index is 0.0540. The number of hydrogen-bond donors (Lipinski definition) is 0. The van der Waals surface area contributed by atoms with Gasteiger partial charge in [-0.3, -0.25) is 4.79 Å². The maximum atomic E-state index is 12.8. The monoisotopic (exact) mass is 339 g/mol. The van der Waals surface area contributed by atoms with Crippen LogP contribution in [-0.2, 0) is 16.0 Å². The lowest BCUT2D eigenvalue weighted by Gasteiger charge is -2.38. The molecule has 25 heavy (non-hydrogen) atoms. The fraction of sp³-hybridized carbons (Fsp3) is 0.381. The van der Waals surface area contributed by atoms with Crippen LogP contribution in [0.5, 0.6) is 5.75 Å². The molecular weight excluding hydrogens is 314 g/mol. The summed E-state index contributed by atoms with van der Waals surface area (Å²) >= 11 is 0. The van der Waals surface area contributed by atoms with Crippen molar-refractivity contribution in [2.75, 3.05) is 19.8 Å². The molecule has 3 rings (SSSR count). The first kappa shape index (κ1) is 17.5. The highest BCUT2D eigenvalue weighted by molar-refractivity contribution is 5.79. The first-order valence-corrected chi connectivity index (χ1v) is 8.85. The van der Waals surface area contributed by atoms with Crippen molar-refractivity contribution in [3.05, 3.63) is 65.7 Å². The predicted octanol–water partition coefficient (Wildman–Crippen LogP) is 3.62. The summed E-state index contributed by atoms with van der Waals surface area (Å²) < 4.78 is 11.4. The number of morpholine rings is 1. The Morgan fingerprint density at radius 2 is 1.88 bits per heavy atom. The number of amides is 1. The fourth-order valence-corrected chi connectivity index (χ4v) is 3.12. The third-order valence-electron chi connectivity index (χ3n) is 4.51. The summed E-state index contributed by atoms with van der Waals surface area (Å²) in [5.41, 5.74) is 2.12. The Balaban J connectivity index is 1.65. The van der Waals surface area contributed by atoms with Gasteiger partial charge in [0.15, 0.2) is 0 Å². The van der Waals surface area contributed by atoms with E-state index < -0.39 is 0 Å². The number of carbonyl (C=O) groups excluding carboxylic acids is 1. The molecule has 2 unspecified atom stereocenters. The van der Waals surface area contributed by atoms with Crippen molar-refractivity contribution in [1.29, 1.82) is 0 Å². The zero-order valence-electron chi connectivity index (χ0n) is 14.9. The van der Waals surface area contributed by atoms with E-state index in [0.29, 0.717) is 26.2 Å². The van der Waals surface area contributed by atoms with E-state index in [1.54, 1.807) is 0 Å². The van der Waals surface area contributed by atoms with Gasteiger partial charge in [-0.25, -0.2) is 0 Å². The maximum absolute atomic E-state index is 12.8. The van der Waals surface area contributed by atoms with Gasteiger partial charge in [0.25, 0.3) is 0 Å². The molecule has 2 aromatic rings. The minimum Gasteiger partial charge on any atom is -0.494 e. The van der Waals surface area contributed by atoms with Crippen LogP contribution in [0.25, 0.3) is 0 Å². The lowest BCUT2D eigenvalue weighted by Crippen LogP contribution is -2.48. The Morgan fingerprint density at radius 3 is 2.56 bits per heavy atom. The van der Waals surface area contributed by atoms with E-state index >= 15 is 0 Å². The first-order chi connectivity index (χ1) is 12.2. The van der Waals surface area contributed by atoms with Gasteiger partial charge >= 0.3 is 0 Å². The highest BCUT2D eigenvalue weighted by Gasteiger charge is 2.30. The molecule has 1 aliphatic rings. The summed E-state index contributed by atoms with van der Waals surface area (Å²) in [6.45, 7) is 5.80. The van der Waals surface area contributed by atoms with Gasteiger partial charge in [-0.15, -0.1) is 0 Å². The van der Waals surface area contributed by atoms with Crippen molar-refractivity contribution in [1.82, 2.24) is 4.90 Å². The third kappa shape index (κ3) is 4.40. The van der Waals surface area contributed by atoms with Gasteiger partial charge in [-0.05, 0) is 37.1 Å². The highest BCUT2D eigenvalue weighted by Crippen LogP contribution is 2.25. The largest absolute Gasteiger partial charge is 0.494 e. The average Bonchev–Trinajstić information content (AvgIpc) is 2.64. The Labute approximate surface area is 149 Å². The quantitative estimate of drug-likeness (QED) is 0.835. The summed E-state index contributed by atoms with van der Waals surface area (Å²) in [5, 5.41) is 0. The smallest absolute Gasteiger partial charge is 0.227 e. The number of rotatable bonds is 5. The van der Waals surface area contributed by atoms with Crippen LogP contribution in [0.2, 0.25) is 0 Å². The van der Waals surface area contributed by atoms with E-state index in [1.807, 2.05) is 61.2 Å². The second-order valence-electron chi connectivity index (χ2n) is 6.38. The number of hydrogen-bond acceptors (Lipinski definition) is 3. The molecule has 1 amide bonds. The van der Waals surface area contributed by atoms with Crippen LogP contribution in [0.1, 0.15) is 31.1 Å². The van der Waals surface area contributed by atoms with Crippen molar-refractivity contribution in [3.8, 4) is 5.75 Å². The van der Waals surface area contributed by atoms with Gasteiger partial charge in [0.05, 0.1) is 32.2 Å². The summed E-state index contributed by atoms with van der Waals surface area (Å²) in [4.78, 5) is 14.7. The molecule has 132 valence electrons. The topological polar surface area (TPSA) is 38.8 Å². The average molecular weight is 339 g/mol. The normalized spacial score (nSPS) is 20.3. The second-order valence-corrected chi connectivity index (χ2v) is 6.38. The van der Waals surface area contributed by atoms with Crippen LogP contribution in [-0.4, -0.2) is 36.6 Å². The molecule has 4 heteroatoms. The lowest BCUT2D eigenvalue weighted by molar-refractivity contribution is -0.143. The van der Waals surface area contributed by atoms with Crippen molar-refractivity contribution < 1.29 is 14.3 Å². The molecular formula is C21H25NO3. The Kier molecular flexibility index (Phi) is 5.71. The van der Waals surface area contributed by atoms with E-state index in [1.165, 1.54) is 0 Å². The molecule has 1 heterocycles. The van der Waals surface area contributed by atoms with Crippen molar-refractivity contribution in [2.45, 2.75) is 32.4 Å². The van der Waals surface area contributed by atoms with Crippen LogP contribution in [0.3, 0.4) is 0 Å². The van der Waals surface area contributed by atoms with Crippen LogP contribution in [0.4, 0.5) is 0 Å². The SMILES string of the molecule is CCOc1ccc(CC(=O)N2CC(c3ccccc3)OCC2C)cc1. The number of nitrogens with zero attached hydrogens (tertiary/aromatic N) is 1. The molecule has 0 radical (unpaired) electrons. The standard InChI is InChI=1S/C21H25NO3/c1-3-24-19-11-9-17(10-12-19)13-21(23)22-14-20(25-15-16(22)2)18-7-5-4-6-8-18/h4-12,16,20H,3,13-15H2,1-2H3. The lowest BCUT2D eigenvalue weighted by atomic mass is 10.0. The number of ether oxygens (including phenoxy) is 2. The van der Waals surface area contributed by atoms with Gasteiger partial charge in [0.2, 0.25) is 5.91 Å². The fourth-order valence-electron chi connectivity index (χ4n) is 3.12. The summed E-state index contributed by atoms with van der Waals surface area (Å²) in [6, 6.07) is 17.9. The van der Waals surface area contributed by atoms with E-state index in [4.69, 9.17) is 9.47 Å². The Bertz CT molecular complexity index is 684. The zero-order chi connectivity index (χ0) is 17.6. The zero-order valence-corrected chi connectivity index (χ0v) is 14.9. The van der Waals surface area contributed by atoms with Crippen LogP contribution >= 0.6 is 0 Å². The third-order valence-corrected chi connectivity index (χ3v) is 4.51. The van der Waals surface area contributed by atoms with Crippen molar-refractivity contribution in [3.63, 3.8) is 0 Å². The molecule has 4 nitrogen and oxygen atoms in total. The molecule has 1 aliphatic heterocycles. The Hall–Kier alpha value is -2.33. The molecule has 1 saturated heterocycles. The number of benzene rings is 2. The summed E-state index contributed by atoms with van der Waals surface area (Å²) in [5.74, 6) is 0.975. The van der Waals surface area contributed by atoms with Crippen molar-refractivity contribution in [2.24, 2.45) is 0 Å². The van der Waals surface area contributed by atoms with Gasteiger partial charge in [0, 0.05) is 0 Å². The summed E-state index contributed by atoms with van der Waals surface area (Å²) in [6.07, 6.45) is 0.347. The van der Waals surface area contributed by atoms with E-state index in [0.717, 1.165) is 16.9 Å². The molecule has 0 bridgehead atoms.